The van der Waals surface area contributed by atoms with Gasteiger partial charge < -0.3 is 10.1 Å². The van der Waals surface area contributed by atoms with Crippen molar-refractivity contribution in [1.29, 1.82) is 0 Å². The summed E-state index contributed by atoms with van der Waals surface area (Å²) in [5, 5.41) is 13.1. The molecule has 4 rings (SSSR count). The van der Waals surface area contributed by atoms with E-state index in [2.05, 4.69) is 19.9 Å². The first-order chi connectivity index (χ1) is 11.7. The average molecular weight is 318 g/mol. The smallest absolute Gasteiger partial charge is 0.137 e. The molecule has 24 heavy (non-hydrogen) atoms. The highest BCUT2D eigenvalue weighted by Gasteiger charge is 2.12. The maximum atomic E-state index is 9.95. The average Bonchev–Trinajstić information content (AvgIpc) is 3.09. The zero-order chi connectivity index (χ0) is 16.7. The normalized spacial score (nSPS) is 12.8. The number of hydrogen-bond donors (Lipinski definition) is 2. The van der Waals surface area contributed by atoms with E-state index in [-0.39, 0.29) is 0 Å². The summed E-state index contributed by atoms with van der Waals surface area (Å²) in [6.07, 6.45) is 7.55. The summed E-state index contributed by atoms with van der Waals surface area (Å²) in [7, 11) is 0. The third kappa shape index (κ3) is 2.34. The maximum absolute atomic E-state index is 9.95. The number of aliphatic hydroxyl groups excluding tert-OH is 1. The molecule has 1 atom stereocenters. The molecular weight excluding hydrogens is 300 g/mol. The van der Waals surface area contributed by atoms with E-state index >= 15 is 0 Å². The second kappa shape index (κ2) is 5.69. The molecule has 2 N–H and O–H groups in total. The van der Waals surface area contributed by atoms with Crippen LogP contribution in [0.5, 0.6) is 0 Å². The summed E-state index contributed by atoms with van der Waals surface area (Å²) in [4.78, 5) is 16.6. The molecule has 0 fully saturated rings. The van der Waals surface area contributed by atoms with Crippen LogP contribution in [0, 0.1) is 6.92 Å². The minimum atomic E-state index is -0.520. The van der Waals surface area contributed by atoms with Crippen LogP contribution in [0.1, 0.15) is 30.7 Å². The van der Waals surface area contributed by atoms with Gasteiger partial charge in [0, 0.05) is 46.5 Å². The van der Waals surface area contributed by atoms with Crippen LogP contribution < -0.4 is 0 Å². The van der Waals surface area contributed by atoms with Crippen LogP contribution in [0.4, 0.5) is 0 Å². The first-order valence-corrected chi connectivity index (χ1v) is 8.04. The van der Waals surface area contributed by atoms with Crippen LogP contribution in [-0.4, -0.2) is 25.0 Å². The number of rotatable bonds is 3. The van der Waals surface area contributed by atoms with Gasteiger partial charge in [0.05, 0.1) is 17.5 Å². The molecule has 0 bridgehead atoms. The van der Waals surface area contributed by atoms with Gasteiger partial charge in [0.25, 0.3) is 0 Å². The summed E-state index contributed by atoms with van der Waals surface area (Å²) in [6.45, 7) is 3.96. The van der Waals surface area contributed by atoms with Crippen LogP contribution in [0.3, 0.4) is 0 Å². The first-order valence-electron chi connectivity index (χ1n) is 8.04. The second-order valence-electron chi connectivity index (χ2n) is 6.00. The van der Waals surface area contributed by atoms with Crippen molar-refractivity contribution in [1.82, 2.24) is 19.9 Å². The topological polar surface area (TPSA) is 74.7 Å². The van der Waals surface area contributed by atoms with Gasteiger partial charge in [-0.25, -0.2) is 4.98 Å². The molecule has 0 aliphatic rings. The zero-order valence-corrected chi connectivity index (χ0v) is 13.6. The summed E-state index contributed by atoms with van der Waals surface area (Å²) in [6, 6.07) is 5.98. The van der Waals surface area contributed by atoms with Crippen molar-refractivity contribution in [2.45, 2.75) is 26.4 Å². The van der Waals surface area contributed by atoms with Crippen molar-refractivity contribution < 1.29 is 5.11 Å². The largest absolute Gasteiger partial charge is 0.387 e. The van der Waals surface area contributed by atoms with Crippen LogP contribution in [0.25, 0.3) is 33.1 Å². The van der Waals surface area contributed by atoms with Gasteiger partial charge in [-0.1, -0.05) is 6.92 Å². The van der Waals surface area contributed by atoms with Gasteiger partial charge in [0.1, 0.15) is 5.65 Å². The van der Waals surface area contributed by atoms with Gasteiger partial charge in [-0.3, -0.25) is 9.97 Å². The number of aromatic nitrogens is 4. The molecular formula is C19H18N4O. The molecule has 0 unspecified atom stereocenters. The van der Waals surface area contributed by atoms with E-state index in [1.807, 2.05) is 50.6 Å². The van der Waals surface area contributed by atoms with Gasteiger partial charge in [0.2, 0.25) is 0 Å². The molecule has 0 aliphatic heterocycles. The Bertz CT molecular complexity index is 1040. The molecule has 0 saturated heterocycles. The number of fused-ring (bicyclic) bond motifs is 3. The highest BCUT2D eigenvalue weighted by atomic mass is 16.3. The van der Waals surface area contributed by atoms with E-state index in [1.54, 1.807) is 6.20 Å². The van der Waals surface area contributed by atoms with Crippen LogP contribution >= 0.6 is 0 Å². The van der Waals surface area contributed by atoms with Crippen molar-refractivity contribution in [2.24, 2.45) is 0 Å². The Kier molecular flexibility index (Phi) is 3.50. The van der Waals surface area contributed by atoms with Crippen molar-refractivity contribution in [3.63, 3.8) is 0 Å². The second-order valence-corrected chi connectivity index (χ2v) is 6.00. The number of H-pyrrole nitrogens is 1. The lowest BCUT2D eigenvalue weighted by Crippen LogP contribution is -2.00. The summed E-state index contributed by atoms with van der Waals surface area (Å²) < 4.78 is 0. The van der Waals surface area contributed by atoms with Crippen molar-refractivity contribution >= 4 is 21.8 Å². The van der Waals surface area contributed by atoms with Gasteiger partial charge in [-0.05, 0) is 37.1 Å². The predicted octanol–water partition coefficient (Wildman–Crippen LogP) is 3.92. The quantitative estimate of drug-likeness (QED) is 0.600. The molecule has 0 radical (unpaired) electrons. The lowest BCUT2D eigenvalue weighted by molar-refractivity contribution is 0.169. The van der Waals surface area contributed by atoms with Crippen LogP contribution in [-0.2, 0) is 0 Å². The SMILES string of the molecule is CC[C@H](O)c1cc(C)c(-c2cc3cnc4[nH]ccc4c3cn2)cn1. The Morgan fingerprint density at radius 3 is 2.75 bits per heavy atom. The molecule has 0 aromatic carbocycles. The molecule has 120 valence electrons. The Morgan fingerprint density at radius 2 is 1.96 bits per heavy atom. The lowest BCUT2D eigenvalue weighted by atomic mass is 10.0. The van der Waals surface area contributed by atoms with Gasteiger partial charge in [0.15, 0.2) is 0 Å². The van der Waals surface area contributed by atoms with E-state index in [0.717, 1.165) is 38.6 Å². The van der Waals surface area contributed by atoms with Crippen molar-refractivity contribution in [3.8, 4) is 11.3 Å². The van der Waals surface area contributed by atoms with Gasteiger partial charge >= 0.3 is 0 Å². The Balaban J connectivity index is 1.83. The highest BCUT2D eigenvalue weighted by Crippen LogP contribution is 2.28. The third-order valence-corrected chi connectivity index (χ3v) is 4.42. The van der Waals surface area contributed by atoms with E-state index in [9.17, 15) is 5.11 Å². The van der Waals surface area contributed by atoms with Crippen molar-refractivity contribution in [3.05, 3.63) is 54.2 Å². The number of aromatic amines is 1. The van der Waals surface area contributed by atoms with Gasteiger partial charge in [-0.15, -0.1) is 0 Å². The minimum absolute atomic E-state index is 0.520. The number of aliphatic hydroxyl groups is 1. The standard InChI is InChI=1S/C19H18N4O/c1-3-18(24)17-6-11(2)14(9-22-17)16-7-12-8-23-19-13(4-5-20-19)15(12)10-21-16/h4-10,18,24H,3H2,1-2H3,(H,20,23)/t18-/m0/s1. The van der Waals surface area contributed by atoms with E-state index < -0.39 is 6.10 Å². The number of nitrogens with zero attached hydrogens (tertiary/aromatic N) is 3. The van der Waals surface area contributed by atoms with Crippen molar-refractivity contribution in [2.75, 3.05) is 0 Å². The minimum Gasteiger partial charge on any atom is -0.387 e. The van der Waals surface area contributed by atoms with E-state index in [0.29, 0.717) is 12.1 Å². The third-order valence-electron chi connectivity index (χ3n) is 4.42. The molecule has 5 nitrogen and oxygen atoms in total. The fourth-order valence-corrected chi connectivity index (χ4v) is 3.01. The summed E-state index contributed by atoms with van der Waals surface area (Å²) in [5.41, 5.74) is 4.46. The summed E-state index contributed by atoms with van der Waals surface area (Å²) >= 11 is 0. The Hall–Kier alpha value is -2.79. The van der Waals surface area contributed by atoms with Gasteiger partial charge in [-0.2, -0.15) is 0 Å². The number of pyridine rings is 3. The first kappa shape index (κ1) is 14.8. The Labute approximate surface area is 139 Å². The zero-order valence-electron chi connectivity index (χ0n) is 13.6. The molecule has 0 aliphatic carbocycles. The fourth-order valence-electron chi connectivity index (χ4n) is 3.01. The number of nitrogens with one attached hydrogen (secondary N) is 1. The molecule has 4 aromatic heterocycles. The maximum Gasteiger partial charge on any atom is 0.137 e. The fraction of sp³-hybridized carbons (Fsp3) is 0.211. The van der Waals surface area contributed by atoms with E-state index in [4.69, 9.17) is 0 Å². The molecule has 0 amide bonds. The molecule has 0 saturated carbocycles. The molecule has 0 spiro atoms. The number of hydrogen-bond acceptors (Lipinski definition) is 4. The molecule has 5 heteroatoms. The molecule has 4 aromatic rings. The summed E-state index contributed by atoms with van der Waals surface area (Å²) in [5.74, 6) is 0. The Morgan fingerprint density at radius 1 is 1.08 bits per heavy atom. The highest BCUT2D eigenvalue weighted by molar-refractivity contribution is 6.04. The lowest BCUT2D eigenvalue weighted by Gasteiger charge is -2.11. The van der Waals surface area contributed by atoms with E-state index in [1.165, 1.54) is 0 Å². The predicted molar refractivity (Wildman–Crippen MR) is 94.6 cm³/mol. The monoisotopic (exact) mass is 318 g/mol. The van der Waals surface area contributed by atoms with Crippen LogP contribution in [0.15, 0.2) is 43.0 Å². The number of aryl methyl sites for hydroxylation is 1. The van der Waals surface area contributed by atoms with Crippen LogP contribution in [0.2, 0.25) is 0 Å². The molecule has 4 heterocycles.